The van der Waals surface area contributed by atoms with Gasteiger partial charge in [-0.15, -0.1) is 0 Å². The zero-order chi connectivity index (χ0) is 13.0. The number of piperidine rings is 1. The minimum absolute atomic E-state index is 0.277. The monoisotopic (exact) mass is 269 g/mol. The van der Waals surface area contributed by atoms with Gasteiger partial charge in [0, 0.05) is 18.8 Å². The molecule has 1 atom stereocenters. The van der Waals surface area contributed by atoms with E-state index in [1.165, 1.54) is 0 Å². The molecule has 1 aliphatic heterocycles. The number of carbonyl (C=O) groups is 1. The molecule has 0 spiro atoms. The number of nitrogens with zero attached hydrogens (tertiary/aromatic N) is 1. The van der Waals surface area contributed by atoms with Crippen LogP contribution in [0.3, 0.4) is 0 Å². The summed E-state index contributed by atoms with van der Waals surface area (Å²) in [5, 5.41) is 0. The topological polar surface area (TPSA) is 66.8 Å². The number of hydrogen-bond donors (Lipinski definition) is 1. The molecule has 18 heavy (non-hydrogen) atoms. The van der Waals surface area contributed by atoms with Crippen molar-refractivity contribution < 1.29 is 17.7 Å². The van der Waals surface area contributed by atoms with E-state index in [1.54, 1.807) is 0 Å². The van der Waals surface area contributed by atoms with E-state index >= 15 is 0 Å². The highest BCUT2D eigenvalue weighted by Crippen LogP contribution is 2.23. The van der Waals surface area contributed by atoms with Crippen LogP contribution in [0.4, 0.5) is 5.69 Å². The van der Waals surface area contributed by atoms with E-state index in [0.717, 1.165) is 18.8 Å². The summed E-state index contributed by atoms with van der Waals surface area (Å²) in [6, 6.07) is 9.97. The first-order valence-corrected chi connectivity index (χ1v) is 6.83. The first kappa shape index (κ1) is 13.0. The van der Waals surface area contributed by atoms with Gasteiger partial charge in [-0.2, -0.15) is 4.21 Å². The molecule has 1 aromatic carbocycles. The van der Waals surface area contributed by atoms with Crippen LogP contribution in [0.1, 0.15) is 12.8 Å². The fourth-order valence-electron chi connectivity index (χ4n) is 2.15. The summed E-state index contributed by atoms with van der Waals surface area (Å²) in [4.78, 5) is 13.7. The predicted octanol–water partition coefficient (Wildman–Crippen LogP) is 1.58. The maximum Gasteiger partial charge on any atom is 0.360 e. The van der Waals surface area contributed by atoms with Crippen molar-refractivity contribution in [1.82, 2.24) is 0 Å². The Labute approximate surface area is 108 Å². The van der Waals surface area contributed by atoms with Crippen molar-refractivity contribution in [3.05, 3.63) is 30.3 Å². The minimum atomic E-state index is -2.51. The average molecular weight is 269 g/mol. The molecule has 1 unspecified atom stereocenters. The van der Waals surface area contributed by atoms with Crippen molar-refractivity contribution in [3.63, 3.8) is 0 Å². The van der Waals surface area contributed by atoms with Gasteiger partial charge in [0.2, 0.25) is 0 Å². The molecular weight excluding hydrogens is 254 g/mol. The van der Waals surface area contributed by atoms with Crippen LogP contribution >= 0.6 is 0 Å². The second kappa shape index (κ2) is 5.97. The van der Waals surface area contributed by atoms with Gasteiger partial charge in [0.25, 0.3) is 0 Å². The Bertz CT molecular complexity index is 429. The highest BCUT2D eigenvalue weighted by atomic mass is 32.2. The number of hydrogen-bond acceptors (Lipinski definition) is 4. The Morgan fingerprint density at radius 2 is 1.89 bits per heavy atom. The number of anilines is 1. The molecule has 1 saturated heterocycles. The zero-order valence-electron chi connectivity index (χ0n) is 9.82. The molecule has 1 N–H and O–H groups in total. The third-order valence-electron chi connectivity index (χ3n) is 3.10. The molecule has 0 bridgehead atoms. The van der Waals surface area contributed by atoms with Gasteiger partial charge in [0.05, 0.1) is 5.92 Å². The molecule has 0 saturated carbocycles. The first-order valence-electron chi connectivity index (χ1n) is 5.80. The van der Waals surface area contributed by atoms with Crippen molar-refractivity contribution in [2.75, 3.05) is 18.0 Å². The lowest BCUT2D eigenvalue weighted by Gasteiger charge is -2.32. The molecule has 1 fully saturated rings. The third kappa shape index (κ3) is 3.30. The number of para-hydroxylation sites is 1. The standard InChI is InChI=1S/C12H15NO4S/c14-12(17-18(15)16)10-6-8-13(9-7-10)11-4-2-1-3-5-11/h1-5,10H,6-9H2,(H,15,16). The Morgan fingerprint density at radius 1 is 1.28 bits per heavy atom. The van der Waals surface area contributed by atoms with Crippen LogP contribution in [-0.2, 0) is 20.3 Å². The van der Waals surface area contributed by atoms with Gasteiger partial charge < -0.3 is 9.08 Å². The number of carbonyl (C=O) groups excluding carboxylic acids is 1. The summed E-state index contributed by atoms with van der Waals surface area (Å²) in [7, 11) is 0. The van der Waals surface area contributed by atoms with Crippen molar-refractivity contribution >= 4 is 23.0 Å². The quantitative estimate of drug-likeness (QED) is 0.844. The van der Waals surface area contributed by atoms with E-state index in [9.17, 15) is 9.00 Å². The fraction of sp³-hybridized carbons (Fsp3) is 0.417. The summed E-state index contributed by atoms with van der Waals surface area (Å²) in [6.07, 6.45) is 1.29. The average Bonchev–Trinajstić information content (AvgIpc) is 2.39. The van der Waals surface area contributed by atoms with Crippen LogP contribution in [0, 0.1) is 5.92 Å². The summed E-state index contributed by atoms with van der Waals surface area (Å²) < 4.78 is 23.2. The van der Waals surface area contributed by atoms with Gasteiger partial charge in [-0.1, -0.05) is 18.2 Å². The fourth-order valence-corrected chi connectivity index (χ4v) is 2.43. The highest BCUT2D eigenvalue weighted by Gasteiger charge is 2.27. The number of benzene rings is 1. The molecule has 0 aliphatic carbocycles. The second-order valence-corrected chi connectivity index (χ2v) is 4.82. The van der Waals surface area contributed by atoms with Gasteiger partial charge >= 0.3 is 17.3 Å². The molecule has 1 aromatic rings. The lowest BCUT2D eigenvalue weighted by atomic mass is 9.97. The largest absolute Gasteiger partial charge is 0.371 e. The van der Waals surface area contributed by atoms with Crippen molar-refractivity contribution in [3.8, 4) is 0 Å². The zero-order valence-corrected chi connectivity index (χ0v) is 10.6. The molecule has 6 heteroatoms. The lowest BCUT2D eigenvalue weighted by Crippen LogP contribution is -2.37. The summed E-state index contributed by atoms with van der Waals surface area (Å²) >= 11 is -2.51. The van der Waals surface area contributed by atoms with Crippen LogP contribution in [0.15, 0.2) is 30.3 Å². The first-order chi connectivity index (χ1) is 8.66. The summed E-state index contributed by atoms with van der Waals surface area (Å²) in [6.45, 7) is 1.50. The van der Waals surface area contributed by atoms with Crippen molar-refractivity contribution in [2.45, 2.75) is 12.8 Å². The van der Waals surface area contributed by atoms with Crippen LogP contribution in [0.5, 0.6) is 0 Å². The van der Waals surface area contributed by atoms with Gasteiger partial charge in [0.1, 0.15) is 0 Å². The minimum Gasteiger partial charge on any atom is -0.371 e. The van der Waals surface area contributed by atoms with E-state index < -0.39 is 17.3 Å². The van der Waals surface area contributed by atoms with Gasteiger partial charge in [-0.3, -0.25) is 9.35 Å². The molecule has 1 aliphatic rings. The molecule has 1 heterocycles. The Kier molecular flexibility index (Phi) is 4.33. The van der Waals surface area contributed by atoms with Crippen LogP contribution in [0.25, 0.3) is 0 Å². The van der Waals surface area contributed by atoms with Gasteiger partial charge in [-0.05, 0) is 25.0 Å². The van der Waals surface area contributed by atoms with E-state index in [2.05, 4.69) is 9.08 Å². The molecule has 98 valence electrons. The van der Waals surface area contributed by atoms with Gasteiger partial charge in [0.15, 0.2) is 0 Å². The van der Waals surface area contributed by atoms with Crippen molar-refractivity contribution in [2.24, 2.45) is 5.92 Å². The van der Waals surface area contributed by atoms with E-state index in [4.69, 9.17) is 4.55 Å². The van der Waals surface area contributed by atoms with Crippen LogP contribution < -0.4 is 4.90 Å². The van der Waals surface area contributed by atoms with Crippen LogP contribution in [0.2, 0.25) is 0 Å². The summed E-state index contributed by atoms with van der Waals surface area (Å²) in [5.74, 6) is -0.857. The predicted molar refractivity (Wildman–Crippen MR) is 68.2 cm³/mol. The third-order valence-corrected chi connectivity index (χ3v) is 3.41. The lowest BCUT2D eigenvalue weighted by molar-refractivity contribution is -0.139. The highest BCUT2D eigenvalue weighted by molar-refractivity contribution is 7.74. The molecule has 0 amide bonds. The molecular formula is C12H15NO4S. The Morgan fingerprint density at radius 3 is 2.44 bits per heavy atom. The smallest absolute Gasteiger partial charge is 0.360 e. The molecule has 0 aromatic heterocycles. The number of rotatable bonds is 3. The molecule has 2 rings (SSSR count). The van der Waals surface area contributed by atoms with Gasteiger partial charge in [-0.25, -0.2) is 0 Å². The second-order valence-electron chi connectivity index (χ2n) is 4.22. The normalized spacial score (nSPS) is 18.4. The van der Waals surface area contributed by atoms with E-state index in [-0.39, 0.29) is 5.92 Å². The maximum absolute atomic E-state index is 11.5. The Balaban J connectivity index is 1.88. The molecule has 5 nitrogen and oxygen atoms in total. The van der Waals surface area contributed by atoms with E-state index in [1.807, 2.05) is 30.3 Å². The molecule has 0 radical (unpaired) electrons. The summed E-state index contributed by atoms with van der Waals surface area (Å²) in [5.41, 5.74) is 1.13. The SMILES string of the molecule is O=C(OS(=O)O)C1CCN(c2ccccc2)CC1. The van der Waals surface area contributed by atoms with E-state index in [0.29, 0.717) is 12.8 Å². The Hall–Kier alpha value is -1.40. The van der Waals surface area contributed by atoms with Crippen LogP contribution in [-0.4, -0.2) is 27.8 Å². The maximum atomic E-state index is 11.5. The van der Waals surface area contributed by atoms with Crippen molar-refractivity contribution in [1.29, 1.82) is 0 Å².